The summed E-state index contributed by atoms with van der Waals surface area (Å²) in [6.07, 6.45) is 4.00. The molecule has 0 spiro atoms. The van der Waals surface area contributed by atoms with Gasteiger partial charge in [-0.25, -0.2) is 14.8 Å². The first-order valence-corrected chi connectivity index (χ1v) is 11.8. The van der Waals surface area contributed by atoms with Gasteiger partial charge >= 0.3 is 6.09 Å². The number of ether oxygens (including phenoxy) is 2. The predicted molar refractivity (Wildman–Crippen MR) is 130 cm³/mol. The Hall–Kier alpha value is -4.09. The molecular formula is C24H30N6O6. The monoisotopic (exact) mass is 498 g/mol. The second-order valence-electron chi connectivity index (χ2n) is 8.69. The van der Waals surface area contributed by atoms with Crippen LogP contribution in [0.3, 0.4) is 0 Å². The minimum Gasteiger partial charge on any atom is -0.494 e. The summed E-state index contributed by atoms with van der Waals surface area (Å²) in [5.41, 5.74) is 7.12. The standard InChI is InChI=1S/C24H30N6O6/c1-13-20(35-14(2)27-13)22(32)29-23-28-17-11-15(21(25)31)12-18(34-3)19(17)30(23)10-6-9-26-24(33)36-16-7-4-5-8-16/h11-12,16H,4-10H2,1-3H3,(H2,25,31)(H,26,33)(H,28,29,32). The molecule has 1 aromatic carbocycles. The molecule has 4 N–H and O–H groups in total. The number of anilines is 1. The first-order chi connectivity index (χ1) is 17.3. The lowest BCUT2D eigenvalue weighted by molar-refractivity contribution is 0.0988. The number of nitrogens with zero attached hydrogens (tertiary/aromatic N) is 3. The van der Waals surface area contributed by atoms with Crippen molar-refractivity contribution >= 4 is 34.9 Å². The van der Waals surface area contributed by atoms with Crippen LogP contribution >= 0.6 is 0 Å². The number of hydrogen-bond acceptors (Lipinski definition) is 8. The van der Waals surface area contributed by atoms with E-state index in [1.165, 1.54) is 19.2 Å². The van der Waals surface area contributed by atoms with Crippen LogP contribution in [0.1, 0.15) is 64.6 Å². The van der Waals surface area contributed by atoms with Gasteiger partial charge in [-0.1, -0.05) is 0 Å². The molecule has 3 aromatic rings. The van der Waals surface area contributed by atoms with Gasteiger partial charge in [0.15, 0.2) is 5.89 Å². The molecular weight excluding hydrogens is 468 g/mol. The Labute approximate surface area is 207 Å². The van der Waals surface area contributed by atoms with Crippen molar-refractivity contribution in [2.24, 2.45) is 5.73 Å². The summed E-state index contributed by atoms with van der Waals surface area (Å²) < 4.78 is 18.1. The maximum absolute atomic E-state index is 12.9. The number of imidazole rings is 1. The SMILES string of the molecule is COc1cc(C(N)=O)cc2nc(NC(=O)c3oc(C)nc3C)n(CCCNC(=O)OC3CCCC3)c12. The number of rotatable bonds is 9. The highest BCUT2D eigenvalue weighted by Gasteiger charge is 2.23. The number of alkyl carbamates (subject to hydrolysis) is 1. The van der Waals surface area contributed by atoms with Crippen molar-refractivity contribution in [2.45, 2.75) is 58.6 Å². The van der Waals surface area contributed by atoms with Crippen molar-refractivity contribution in [3.63, 3.8) is 0 Å². The molecule has 2 heterocycles. The van der Waals surface area contributed by atoms with Crippen LogP contribution < -0.4 is 21.1 Å². The lowest BCUT2D eigenvalue weighted by atomic mass is 10.1. The molecule has 0 bridgehead atoms. The van der Waals surface area contributed by atoms with E-state index in [2.05, 4.69) is 20.6 Å². The molecule has 12 nitrogen and oxygen atoms in total. The van der Waals surface area contributed by atoms with Gasteiger partial charge in [0.1, 0.15) is 17.4 Å². The minimum atomic E-state index is -0.631. The third-order valence-corrected chi connectivity index (χ3v) is 6.05. The number of fused-ring (bicyclic) bond motifs is 1. The van der Waals surface area contributed by atoms with E-state index >= 15 is 0 Å². The van der Waals surface area contributed by atoms with Crippen molar-refractivity contribution in [1.29, 1.82) is 0 Å². The van der Waals surface area contributed by atoms with E-state index in [1.807, 2.05) is 0 Å². The van der Waals surface area contributed by atoms with Crippen LogP contribution in [0.5, 0.6) is 5.75 Å². The number of methoxy groups -OCH3 is 1. The summed E-state index contributed by atoms with van der Waals surface area (Å²) in [6, 6.07) is 3.06. The smallest absolute Gasteiger partial charge is 0.407 e. The average Bonchev–Trinajstić information content (AvgIpc) is 3.55. The summed E-state index contributed by atoms with van der Waals surface area (Å²) >= 11 is 0. The lowest BCUT2D eigenvalue weighted by Gasteiger charge is -2.14. The van der Waals surface area contributed by atoms with Crippen LogP contribution in [0.2, 0.25) is 0 Å². The molecule has 0 aliphatic heterocycles. The number of oxazole rings is 1. The number of carbonyl (C=O) groups is 3. The number of carbonyl (C=O) groups excluding carboxylic acids is 3. The normalized spacial score (nSPS) is 13.6. The number of primary amides is 1. The Bertz CT molecular complexity index is 1290. The Kier molecular flexibility index (Phi) is 7.41. The van der Waals surface area contributed by atoms with E-state index in [9.17, 15) is 14.4 Å². The molecule has 4 rings (SSSR count). The van der Waals surface area contributed by atoms with Crippen LogP contribution in [0.25, 0.3) is 11.0 Å². The van der Waals surface area contributed by atoms with Gasteiger partial charge < -0.3 is 29.5 Å². The van der Waals surface area contributed by atoms with E-state index in [-0.39, 0.29) is 23.4 Å². The molecule has 2 aromatic heterocycles. The number of benzene rings is 1. The molecule has 1 aliphatic carbocycles. The van der Waals surface area contributed by atoms with Gasteiger partial charge in [0, 0.05) is 25.6 Å². The molecule has 12 heteroatoms. The number of aryl methyl sites for hydroxylation is 3. The van der Waals surface area contributed by atoms with Crippen LogP contribution in [0.15, 0.2) is 16.5 Å². The summed E-state index contributed by atoms with van der Waals surface area (Å²) in [7, 11) is 1.47. The van der Waals surface area contributed by atoms with Crippen molar-refractivity contribution in [3.8, 4) is 5.75 Å². The molecule has 0 atom stereocenters. The summed E-state index contributed by atoms with van der Waals surface area (Å²) in [6.45, 7) is 4.05. The zero-order valence-corrected chi connectivity index (χ0v) is 20.6. The second kappa shape index (κ2) is 10.7. The molecule has 36 heavy (non-hydrogen) atoms. The van der Waals surface area contributed by atoms with Gasteiger partial charge in [0.2, 0.25) is 17.6 Å². The Balaban J connectivity index is 1.56. The van der Waals surface area contributed by atoms with E-state index in [0.29, 0.717) is 47.9 Å². The Morgan fingerprint density at radius 1 is 1.19 bits per heavy atom. The van der Waals surface area contributed by atoms with Crippen LogP contribution in [0.4, 0.5) is 10.7 Å². The maximum Gasteiger partial charge on any atom is 0.407 e. The van der Waals surface area contributed by atoms with E-state index in [4.69, 9.17) is 19.6 Å². The topological polar surface area (TPSA) is 164 Å². The minimum absolute atomic E-state index is 0.0173. The fourth-order valence-corrected chi connectivity index (χ4v) is 4.37. The lowest BCUT2D eigenvalue weighted by Crippen LogP contribution is -2.29. The molecule has 1 aliphatic rings. The fourth-order valence-electron chi connectivity index (χ4n) is 4.37. The molecule has 1 saturated carbocycles. The zero-order valence-electron chi connectivity index (χ0n) is 20.6. The molecule has 3 amide bonds. The summed E-state index contributed by atoms with van der Waals surface area (Å²) in [4.78, 5) is 45.4. The predicted octanol–water partition coefficient (Wildman–Crippen LogP) is 3.06. The molecule has 0 saturated heterocycles. The van der Waals surface area contributed by atoms with E-state index < -0.39 is 17.9 Å². The van der Waals surface area contributed by atoms with Gasteiger partial charge in [-0.05, 0) is 51.2 Å². The van der Waals surface area contributed by atoms with E-state index in [0.717, 1.165) is 25.7 Å². The number of nitrogens with two attached hydrogens (primary N) is 1. The molecule has 0 unspecified atom stereocenters. The zero-order chi connectivity index (χ0) is 25.8. The van der Waals surface area contributed by atoms with Crippen molar-refractivity contribution in [1.82, 2.24) is 19.9 Å². The van der Waals surface area contributed by atoms with E-state index in [1.54, 1.807) is 18.4 Å². The Morgan fingerprint density at radius 2 is 1.94 bits per heavy atom. The molecule has 0 radical (unpaired) electrons. The van der Waals surface area contributed by atoms with Crippen molar-refractivity contribution in [3.05, 3.63) is 35.0 Å². The molecule has 1 fully saturated rings. The first kappa shape index (κ1) is 25.0. The fraction of sp³-hybridized carbons (Fsp3) is 0.458. The van der Waals surface area contributed by atoms with Gasteiger partial charge in [-0.2, -0.15) is 0 Å². The van der Waals surface area contributed by atoms with Crippen molar-refractivity contribution in [2.75, 3.05) is 19.0 Å². The summed E-state index contributed by atoms with van der Waals surface area (Å²) in [5.74, 6) is -0.113. The van der Waals surface area contributed by atoms with Crippen LogP contribution in [0, 0.1) is 13.8 Å². The highest BCUT2D eigenvalue weighted by molar-refractivity contribution is 6.04. The Morgan fingerprint density at radius 3 is 2.58 bits per heavy atom. The second-order valence-corrected chi connectivity index (χ2v) is 8.69. The van der Waals surface area contributed by atoms with Gasteiger partial charge in [0.05, 0.1) is 18.3 Å². The van der Waals surface area contributed by atoms with Gasteiger partial charge in [-0.3, -0.25) is 14.9 Å². The maximum atomic E-state index is 12.9. The molecule has 192 valence electrons. The highest BCUT2D eigenvalue weighted by Crippen LogP contribution is 2.31. The van der Waals surface area contributed by atoms with Crippen LogP contribution in [-0.2, 0) is 11.3 Å². The quantitative estimate of drug-likeness (QED) is 0.379. The number of aromatic nitrogens is 3. The van der Waals surface area contributed by atoms with Gasteiger partial charge in [-0.15, -0.1) is 0 Å². The van der Waals surface area contributed by atoms with Crippen molar-refractivity contribution < 1.29 is 28.3 Å². The average molecular weight is 499 g/mol. The highest BCUT2D eigenvalue weighted by atomic mass is 16.6. The summed E-state index contributed by atoms with van der Waals surface area (Å²) in [5, 5.41) is 5.53. The largest absolute Gasteiger partial charge is 0.494 e. The van der Waals surface area contributed by atoms with Crippen LogP contribution in [-0.4, -0.2) is 52.2 Å². The number of hydrogen-bond donors (Lipinski definition) is 3. The van der Waals surface area contributed by atoms with Gasteiger partial charge in [0.25, 0.3) is 5.91 Å². The number of amides is 3. The number of nitrogens with one attached hydrogen (secondary N) is 2. The first-order valence-electron chi connectivity index (χ1n) is 11.8. The third kappa shape index (κ3) is 5.42. The third-order valence-electron chi connectivity index (χ3n) is 6.05.